The second-order valence-corrected chi connectivity index (χ2v) is 1.93. The molecule has 0 aliphatic rings. The van der Waals surface area contributed by atoms with E-state index in [9.17, 15) is 20.0 Å². The zero-order valence-corrected chi connectivity index (χ0v) is 5.76. The van der Waals surface area contributed by atoms with E-state index >= 15 is 0 Å². The van der Waals surface area contributed by atoms with Crippen molar-refractivity contribution in [1.82, 2.24) is 4.98 Å². The van der Waals surface area contributed by atoms with Gasteiger partial charge in [0.1, 0.15) is 5.97 Å². The second kappa shape index (κ2) is 2.95. The maximum Gasteiger partial charge on any atom is 0.364 e. The molecule has 0 N–H and O–H groups in total. The number of nitrogens with zero attached hydrogens (tertiary/aromatic N) is 2. The van der Waals surface area contributed by atoms with Crippen LogP contribution in [0.3, 0.4) is 0 Å². The van der Waals surface area contributed by atoms with E-state index in [1.165, 1.54) is 6.07 Å². The summed E-state index contributed by atoms with van der Waals surface area (Å²) in [7, 11) is 0. The number of carboxylic acids is 1. The van der Waals surface area contributed by atoms with E-state index in [2.05, 4.69) is 4.98 Å². The highest BCUT2D eigenvalue weighted by Crippen LogP contribution is 2.06. The van der Waals surface area contributed by atoms with Crippen molar-refractivity contribution in [3.63, 3.8) is 0 Å². The molecule has 0 aliphatic carbocycles. The van der Waals surface area contributed by atoms with Gasteiger partial charge in [-0.2, -0.15) is 0 Å². The van der Waals surface area contributed by atoms with E-state index < -0.39 is 22.4 Å². The predicted octanol–water partition coefficient (Wildman–Crippen LogP) is -0.647. The number of aromatic carboxylic acids is 1. The standard InChI is InChI=1S/C6H4N2O4/c9-6(10)4-2-1-3-5(7-4)8(11)12/h1-3H,(H,9,10)/p-1. The van der Waals surface area contributed by atoms with Gasteiger partial charge in [-0.1, -0.05) is 0 Å². The predicted molar refractivity (Wildman–Crippen MR) is 35.2 cm³/mol. The Kier molecular flexibility index (Phi) is 2.00. The summed E-state index contributed by atoms with van der Waals surface area (Å²) in [5.74, 6) is -2.03. The van der Waals surface area contributed by atoms with Crippen LogP contribution in [0.4, 0.5) is 5.82 Å². The summed E-state index contributed by atoms with van der Waals surface area (Å²) >= 11 is 0. The summed E-state index contributed by atoms with van der Waals surface area (Å²) in [5, 5.41) is 20.3. The first kappa shape index (κ1) is 8.12. The van der Waals surface area contributed by atoms with Crippen molar-refractivity contribution >= 4 is 11.8 Å². The molecule has 6 nitrogen and oxygen atoms in total. The third-order valence-corrected chi connectivity index (χ3v) is 1.13. The number of hydrogen-bond donors (Lipinski definition) is 0. The van der Waals surface area contributed by atoms with Crippen LogP contribution in [0.1, 0.15) is 10.5 Å². The van der Waals surface area contributed by atoms with Crippen LogP contribution >= 0.6 is 0 Å². The average Bonchev–Trinajstić information content (AvgIpc) is 2.04. The Morgan fingerprint density at radius 2 is 2.17 bits per heavy atom. The van der Waals surface area contributed by atoms with Crippen LogP contribution < -0.4 is 5.11 Å². The van der Waals surface area contributed by atoms with Crippen LogP contribution in [0.15, 0.2) is 18.2 Å². The van der Waals surface area contributed by atoms with Crippen LogP contribution in [0.25, 0.3) is 0 Å². The lowest BCUT2D eigenvalue weighted by atomic mass is 10.3. The summed E-state index contributed by atoms with van der Waals surface area (Å²) in [6.45, 7) is 0. The van der Waals surface area contributed by atoms with Crippen molar-refractivity contribution in [3.8, 4) is 0 Å². The first-order valence-corrected chi connectivity index (χ1v) is 2.94. The van der Waals surface area contributed by atoms with Gasteiger partial charge in [0.2, 0.25) is 0 Å². The molecule has 62 valence electrons. The molecule has 0 amide bonds. The van der Waals surface area contributed by atoms with Crippen molar-refractivity contribution < 1.29 is 14.8 Å². The van der Waals surface area contributed by atoms with Crippen molar-refractivity contribution in [2.75, 3.05) is 0 Å². The minimum atomic E-state index is -1.53. The molecule has 1 aromatic heterocycles. The first-order valence-electron chi connectivity index (χ1n) is 2.94. The molecule has 12 heavy (non-hydrogen) atoms. The normalized spacial score (nSPS) is 9.33. The van der Waals surface area contributed by atoms with Gasteiger partial charge in [-0.3, -0.25) is 0 Å². The van der Waals surface area contributed by atoms with E-state index in [1.807, 2.05) is 0 Å². The zero-order chi connectivity index (χ0) is 9.14. The quantitative estimate of drug-likeness (QED) is 0.430. The van der Waals surface area contributed by atoms with Gasteiger partial charge in [-0.15, -0.1) is 0 Å². The number of carboxylic acid groups (broad SMARTS) is 1. The van der Waals surface area contributed by atoms with Gasteiger partial charge in [-0.05, 0) is 22.0 Å². The van der Waals surface area contributed by atoms with Crippen molar-refractivity contribution in [1.29, 1.82) is 0 Å². The van der Waals surface area contributed by atoms with Gasteiger partial charge in [0.05, 0.1) is 0 Å². The second-order valence-electron chi connectivity index (χ2n) is 1.93. The molecule has 0 spiro atoms. The lowest BCUT2D eigenvalue weighted by molar-refractivity contribution is -0.389. The zero-order valence-electron chi connectivity index (χ0n) is 5.76. The summed E-state index contributed by atoms with van der Waals surface area (Å²) in [5.41, 5.74) is -0.441. The SMILES string of the molecule is O=C([O-])c1cccc([N+](=O)[O-])n1. The smallest absolute Gasteiger partial charge is 0.364 e. The summed E-state index contributed by atoms with van der Waals surface area (Å²) in [6.07, 6.45) is 0. The molecule has 1 heterocycles. The monoisotopic (exact) mass is 167 g/mol. The maximum atomic E-state index is 10.2. The fourth-order valence-corrected chi connectivity index (χ4v) is 0.639. The molecule has 0 unspecified atom stereocenters. The molecule has 0 fully saturated rings. The van der Waals surface area contributed by atoms with E-state index in [-0.39, 0.29) is 0 Å². The van der Waals surface area contributed by atoms with Gasteiger partial charge >= 0.3 is 5.82 Å². The third-order valence-electron chi connectivity index (χ3n) is 1.13. The Morgan fingerprint density at radius 3 is 2.67 bits per heavy atom. The highest BCUT2D eigenvalue weighted by molar-refractivity contribution is 5.83. The molecular weight excluding hydrogens is 164 g/mol. The summed E-state index contributed by atoms with van der Waals surface area (Å²) in [6, 6.07) is 3.46. The minimum Gasteiger partial charge on any atom is -0.541 e. The molecule has 0 aromatic carbocycles. The molecule has 0 atom stereocenters. The van der Waals surface area contributed by atoms with Gasteiger partial charge in [0, 0.05) is 6.07 Å². The molecular formula is C6H3N2O4-. The lowest BCUT2D eigenvalue weighted by Gasteiger charge is -1.95. The van der Waals surface area contributed by atoms with Crippen molar-refractivity contribution in [2.24, 2.45) is 0 Å². The fourth-order valence-electron chi connectivity index (χ4n) is 0.639. The van der Waals surface area contributed by atoms with E-state index in [0.29, 0.717) is 0 Å². The maximum absolute atomic E-state index is 10.2. The van der Waals surface area contributed by atoms with Gasteiger partial charge < -0.3 is 20.0 Å². The highest BCUT2D eigenvalue weighted by Gasteiger charge is 2.08. The molecule has 0 radical (unpaired) electrons. The Bertz CT molecular complexity index is 307. The van der Waals surface area contributed by atoms with Gasteiger partial charge in [-0.25, -0.2) is 0 Å². The molecule has 1 rings (SSSR count). The Hall–Kier alpha value is -1.98. The van der Waals surface area contributed by atoms with Crippen molar-refractivity contribution in [2.45, 2.75) is 0 Å². The topological polar surface area (TPSA) is 96.2 Å². The van der Waals surface area contributed by atoms with Crippen molar-refractivity contribution in [3.05, 3.63) is 34.0 Å². The molecule has 6 heteroatoms. The number of nitro groups is 1. The van der Waals surface area contributed by atoms with Crippen LogP contribution in [0, 0.1) is 10.1 Å². The number of aromatic nitrogens is 1. The summed E-state index contributed by atoms with van der Waals surface area (Å²) < 4.78 is 0. The molecule has 0 bridgehead atoms. The Morgan fingerprint density at radius 1 is 1.50 bits per heavy atom. The summed E-state index contributed by atoms with van der Waals surface area (Å²) in [4.78, 5) is 22.7. The van der Waals surface area contributed by atoms with Crippen LogP contribution in [-0.4, -0.2) is 15.9 Å². The molecule has 0 saturated carbocycles. The average molecular weight is 167 g/mol. The Balaban J connectivity index is 3.12. The largest absolute Gasteiger partial charge is 0.541 e. The fraction of sp³-hybridized carbons (Fsp3) is 0. The highest BCUT2D eigenvalue weighted by atomic mass is 16.6. The number of rotatable bonds is 2. The minimum absolute atomic E-state index is 0.441. The molecule has 1 aromatic rings. The van der Waals surface area contributed by atoms with Crippen LogP contribution in [0.2, 0.25) is 0 Å². The number of carbonyl (C=O) groups is 1. The van der Waals surface area contributed by atoms with Crippen LogP contribution in [0.5, 0.6) is 0 Å². The Labute approximate surface area is 66.6 Å². The molecule has 0 saturated heterocycles. The van der Waals surface area contributed by atoms with Crippen LogP contribution in [-0.2, 0) is 0 Å². The number of hydrogen-bond acceptors (Lipinski definition) is 5. The van der Waals surface area contributed by atoms with E-state index in [1.54, 1.807) is 0 Å². The van der Waals surface area contributed by atoms with Gasteiger partial charge in [0.25, 0.3) is 0 Å². The lowest BCUT2D eigenvalue weighted by Crippen LogP contribution is -2.23. The van der Waals surface area contributed by atoms with E-state index in [0.717, 1.165) is 12.1 Å². The third kappa shape index (κ3) is 1.54. The molecule has 0 aliphatic heterocycles. The number of pyridine rings is 1. The first-order chi connectivity index (χ1) is 5.61. The number of carbonyl (C=O) groups excluding carboxylic acids is 1. The van der Waals surface area contributed by atoms with E-state index in [4.69, 9.17) is 0 Å². The van der Waals surface area contributed by atoms with Gasteiger partial charge in [0.15, 0.2) is 5.69 Å².